The predicted molar refractivity (Wildman–Crippen MR) is 310 cm³/mol. The largest absolute Gasteiger partial charge is 0.508 e. The molecule has 0 radical (unpaired) electrons. The van der Waals surface area contributed by atoms with Crippen LogP contribution in [0, 0.1) is 0 Å². The second-order valence-electron chi connectivity index (χ2n) is 19.7. The van der Waals surface area contributed by atoms with Gasteiger partial charge in [0.05, 0.1) is 17.8 Å². The zero-order chi connectivity index (χ0) is 60.2. The maximum atomic E-state index is 15.0. The molecule has 83 heavy (non-hydrogen) atoms. The van der Waals surface area contributed by atoms with Gasteiger partial charge in [0.25, 0.3) is 5.91 Å². The lowest BCUT2D eigenvalue weighted by Gasteiger charge is -2.29. The van der Waals surface area contributed by atoms with Gasteiger partial charge in [-0.2, -0.15) is 0 Å². The van der Waals surface area contributed by atoms with Crippen molar-refractivity contribution in [3.05, 3.63) is 126 Å². The Hall–Kier alpha value is -8.28. The molecule has 0 saturated carbocycles. The molecule has 3 aromatic carbocycles. The third-order valence-corrected chi connectivity index (χ3v) is 15.7. The van der Waals surface area contributed by atoms with E-state index in [0.29, 0.717) is 34.0 Å². The number of nitrogens with zero attached hydrogens (tertiary/aromatic N) is 1. The predicted octanol–water partition coefficient (Wildman–Crippen LogP) is -0.856. The summed E-state index contributed by atoms with van der Waals surface area (Å²) >= 11 is 0. The van der Waals surface area contributed by atoms with Crippen LogP contribution in [0.25, 0.3) is 10.9 Å². The van der Waals surface area contributed by atoms with Crippen molar-refractivity contribution < 1.29 is 63.6 Å². The molecule has 1 fully saturated rings. The molecule has 1 saturated heterocycles. The van der Waals surface area contributed by atoms with Crippen molar-refractivity contribution in [3.63, 3.8) is 0 Å². The molecule has 1 aliphatic heterocycles. The van der Waals surface area contributed by atoms with Gasteiger partial charge in [-0.15, -0.1) is 0 Å². The molecule has 18 N–H and O–H groups in total. The fourth-order valence-electron chi connectivity index (χ4n) is 8.73. The summed E-state index contributed by atoms with van der Waals surface area (Å²) in [7, 11) is 1.75. The fraction of sp³-hybridized carbons (Fsp3) is 0.382. The van der Waals surface area contributed by atoms with Crippen molar-refractivity contribution >= 4 is 91.5 Å². The number of carboxylic acid groups (broad SMARTS) is 1. The third-order valence-electron chi connectivity index (χ3n) is 13.3. The molecule has 1 aliphatic rings. The van der Waals surface area contributed by atoms with Gasteiger partial charge in [0, 0.05) is 54.1 Å². The first-order valence-corrected chi connectivity index (χ1v) is 29.0. The van der Waals surface area contributed by atoms with Crippen LogP contribution in [-0.4, -0.2) is 162 Å². The Bertz CT molecular complexity index is 3050. The second kappa shape index (κ2) is 31.2. The number of phenolic OH excluding ortho intramolecular Hbond substituents is 1. The summed E-state index contributed by atoms with van der Waals surface area (Å²) in [6, 6.07) is 11.8. The van der Waals surface area contributed by atoms with E-state index in [0.717, 1.165) is 28.5 Å². The molecular formula is C55H69N13O13S2. The summed E-state index contributed by atoms with van der Waals surface area (Å²) in [5.74, 6) is -4.22. The number of nitrogens with two attached hydrogens (primary N) is 2. The number of nitrogens with one attached hydrogen (secondary N) is 10. The summed E-state index contributed by atoms with van der Waals surface area (Å²) in [5, 5.41) is 62.8. The smallest absolute Gasteiger partial charge is 0.328 e. The number of aromatic nitrogens is 2. The highest BCUT2D eigenvalue weighted by molar-refractivity contribution is 8.76. The molecule has 0 aliphatic carbocycles. The van der Waals surface area contributed by atoms with Crippen molar-refractivity contribution in [1.29, 1.82) is 0 Å². The van der Waals surface area contributed by atoms with Crippen LogP contribution in [0.5, 0.6) is 5.75 Å². The number of carboxylic acids is 1. The zero-order valence-electron chi connectivity index (χ0n) is 45.3. The average Bonchev–Trinajstić information content (AvgIpc) is 3.93. The van der Waals surface area contributed by atoms with Gasteiger partial charge in [-0.3, -0.25) is 38.4 Å². The number of nitrogen functional groups attached to an aromatic ring is 1. The minimum atomic E-state index is -1.86. The van der Waals surface area contributed by atoms with E-state index in [1.54, 1.807) is 60.8 Å². The Balaban J connectivity index is 1.43. The van der Waals surface area contributed by atoms with Crippen molar-refractivity contribution in [2.45, 2.75) is 113 Å². The van der Waals surface area contributed by atoms with E-state index >= 15 is 0 Å². The standard InChI is InChI=1S/C55H69N13O13S2/c1-29(69)45-54(79)65-43(53(78)67-46(30(2)70)55(80)81)28-83-82-27-42(64-50(75)39(22-31-10-4-3-5-11-31)61-47(72)33-17-20-44(68-57)59-25-33)52(77)62-40(23-32-15-18-35(71)19-16-32)49(74)63-41(24-34-26-58-37-13-7-6-12-36(34)37)51(76)60-38(48(73)66-45)14-8-9-21-56/h3-7,10-13,15-20,25-26,29-30,38-43,45-46,58,69-71H,8-9,14,21-24,27-28,56-57H2,1-2H3,(H,59,68)(H,60,76)(H,61,72)(H,62,77)(H,63,74)(H,64,75)(H,65,79)(H,66,73)(H,67,78)(H,80,81)/t29-,30-,38+,39-,40-,41-,42+,43+,45+,46+/m1/s1. The second-order valence-corrected chi connectivity index (χ2v) is 22.2. The number of carbonyl (C=O) groups excluding carboxylic acids is 8. The van der Waals surface area contributed by atoms with Crippen LogP contribution in [0.2, 0.25) is 0 Å². The lowest BCUT2D eigenvalue weighted by Crippen LogP contribution is -2.62. The number of rotatable bonds is 20. The first kappa shape index (κ1) is 63.9. The molecule has 8 amide bonds. The highest BCUT2D eigenvalue weighted by Gasteiger charge is 2.37. The van der Waals surface area contributed by atoms with Crippen LogP contribution in [0.1, 0.15) is 60.2 Å². The molecule has 10 atom stereocenters. The van der Waals surface area contributed by atoms with Crippen molar-refractivity contribution in [2.75, 3.05) is 23.5 Å². The van der Waals surface area contributed by atoms with E-state index in [1.807, 2.05) is 0 Å². The lowest BCUT2D eigenvalue weighted by atomic mass is 10.0. The van der Waals surface area contributed by atoms with Crippen LogP contribution in [-0.2, 0) is 57.6 Å². The SMILES string of the molecule is C[C@@H](O)[C@H](NC(=O)[C@@H]1CSSC[C@H](NC(=O)[C@@H](Cc2ccccc2)NC(=O)c2ccc(NN)nc2)C(=O)N[C@H](Cc2ccc(O)cc2)C(=O)N[C@H](Cc2c[nH]c3ccccc23)C(=O)N[C@@H](CCCCN)C(=O)N[C@@H]([C@@H](C)O)C(=O)N1)C(=O)O. The highest BCUT2D eigenvalue weighted by atomic mass is 33.1. The van der Waals surface area contributed by atoms with Crippen molar-refractivity contribution in [3.8, 4) is 5.75 Å². The van der Waals surface area contributed by atoms with E-state index in [9.17, 15) is 63.6 Å². The molecule has 444 valence electrons. The Morgan fingerprint density at radius 3 is 2.02 bits per heavy atom. The summed E-state index contributed by atoms with van der Waals surface area (Å²) < 4.78 is 0. The Morgan fingerprint density at radius 2 is 1.37 bits per heavy atom. The number of unbranched alkanes of at least 4 members (excludes halogenated alkanes) is 1. The number of aliphatic hydroxyl groups is 2. The maximum absolute atomic E-state index is 15.0. The number of phenols is 1. The van der Waals surface area contributed by atoms with Gasteiger partial charge in [-0.05, 0) is 86.7 Å². The number of aromatic hydroxyl groups is 1. The summed E-state index contributed by atoms with van der Waals surface area (Å²) in [5.41, 5.74) is 10.5. The number of para-hydroxylation sites is 1. The number of aliphatic carboxylic acids is 1. The van der Waals surface area contributed by atoms with Crippen LogP contribution >= 0.6 is 21.6 Å². The van der Waals surface area contributed by atoms with Crippen molar-refractivity contribution in [1.82, 2.24) is 52.5 Å². The topological polar surface area (TPSA) is 424 Å². The average molecular weight is 1180 g/mol. The van der Waals surface area contributed by atoms with Gasteiger partial charge in [0.15, 0.2) is 6.04 Å². The molecule has 0 spiro atoms. The Morgan fingerprint density at radius 1 is 0.723 bits per heavy atom. The first-order valence-electron chi connectivity index (χ1n) is 26.5. The monoisotopic (exact) mass is 1180 g/mol. The number of amides is 8. The summed E-state index contributed by atoms with van der Waals surface area (Å²) in [6.07, 6.45) is -0.264. The summed E-state index contributed by atoms with van der Waals surface area (Å²) in [4.78, 5) is 135. The maximum Gasteiger partial charge on any atom is 0.328 e. The van der Waals surface area contributed by atoms with Crippen LogP contribution in [0.4, 0.5) is 5.82 Å². The fourth-order valence-corrected chi connectivity index (χ4v) is 11.1. The molecule has 0 bridgehead atoms. The van der Waals surface area contributed by atoms with E-state index < -0.39 is 120 Å². The Kier molecular flexibility index (Phi) is 24.0. The first-order chi connectivity index (χ1) is 39.7. The molecule has 6 rings (SSSR count). The van der Waals surface area contributed by atoms with Gasteiger partial charge < -0.3 is 79.1 Å². The molecule has 26 nitrogen and oxygen atoms in total. The van der Waals surface area contributed by atoms with E-state index in [-0.39, 0.29) is 61.5 Å². The Labute approximate surface area is 485 Å². The number of aliphatic hydroxyl groups excluding tert-OH is 2. The normalized spacial score (nSPS) is 21.0. The van der Waals surface area contributed by atoms with Crippen molar-refractivity contribution in [2.24, 2.45) is 11.6 Å². The minimum absolute atomic E-state index is 0.0508. The lowest BCUT2D eigenvalue weighted by molar-refractivity contribution is -0.145. The number of aromatic amines is 1. The van der Waals surface area contributed by atoms with Gasteiger partial charge in [0.1, 0.15) is 53.9 Å². The van der Waals surface area contributed by atoms with Gasteiger partial charge in [0.2, 0.25) is 41.4 Å². The van der Waals surface area contributed by atoms with Crippen LogP contribution < -0.4 is 59.5 Å². The number of H-pyrrole nitrogens is 1. The zero-order valence-corrected chi connectivity index (χ0v) is 47.0. The molecule has 5 aromatic rings. The van der Waals surface area contributed by atoms with E-state index in [1.165, 1.54) is 49.5 Å². The minimum Gasteiger partial charge on any atom is -0.508 e. The van der Waals surface area contributed by atoms with Gasteiger partial charge in [-0.1, -0.05) is 82.3 Å². The number of anilines is 1. The molecule has 28 heteroatoms. The number of hydrazine groups is 1. The van der Waals surface area contributed by atoms with Gasteiger partial charge >= 0.3 is 5.97 Å². The molecule has 2 aromatic heterocycles. The quantitative estimate of drug-likeness (QED) is 0.0195. The molecule has 3 heterocycles. The molecular weight excluding hydrogens is 1110 g/mol. The highest BCUT2D eigenvalue weighted by Crippen LogP contribution is 2.25. The van der Waals surface area contributed by atoms with Crippen LogP contribution in [0.3, 0.4) is 0 Å². The van der Waals surface area contributed by atoms with Crippen LogP contribution in [0.15, 0.2) is 103 Å². The number of pyridine rings is 1. The third kappa shape index (κ3) is 18.9. The van der Waals surface area contributed by atoms with E-state index in [4.69, 9.17) is 11.6 Å². The summed E-state index contributed by atoms with van der Waals surface area (Å²) in [6.45, 7) is 2.51. The number of hydrogen-bond acceptors (Lipinski definition) is 18. The number of fused-ring (bicyclic) bond motifs is 1. The molecule has 0 unspecified atom stereocenters. The number of benzene rings is 3. The van der Waals surface area contributed by atoms with Gasteiger partial charge in [-0.25, -0.2) is 15.6 Å². The number of carbonyl (C=O) groups is 9. The van der Waals surface area contributed by atoms with E-state index in [2.05, 4.69) is 57.9 Å². The number of hydrogen-bond donors (Lipinski definition) is 16.